The molecular formula is C7H16N2O2. The molecule has 0 aromatic carbocycles. The van der Waals surface area contributed by atoms with Gasteiger partial charge in [-0.15, -0.1) is 0 Å². The Hall–Kier alpha value is -0.160. The SMILES string of the molecule is COCCO[C@H]1CNC[C@@H]1N. The third-order valence-corrected chi connectivity index (χ3v) is 1.82. The standard InChI is InChI=1S/C7H16N2O2/c1-10-2-3-11-7-5-9-4-6(7)8/h6-7,9H,2-5,8H2,1H3/t6-,7-/m0/s1. The van der Waals surface area contributed by atoms with E-state index in [-0.39, 0.29) is 12.1 Å². The molecule has 2 atom stereocenters. The number of methoxy groups -OCH3 is 1. The van der Waals surface area contributed by atoms with Crippen LogP contribution in [0.1, 0.15) is 0 Å². The van der Waals surface area contributed by atoms with E-state index in [9.17, 15) is 0 Å². The molecule has 1 aliphatic heterocycles. The summed E-state index contributed by atoms with van der Waals surface area (Å²) in [6, 6.07) is 0.145. The molecule has 66 valence electrons. The second kappa shape index (κ2) is 4.66. The molecule has 1 rings (SSSR count). The van der Waals surface area contributed by atoms with E-state index in [1.807, 2.05) is 0 Å². The molecule has 0 bridgehead atoms. The van der Waals surface area contributed by atoms with Gasteiger partial charge in [0.15, 0.2) is 0 Å². The molecule has 3 N–H and O–H groups in total. The van der Waals surface area contributed by atoms with Gasteiger partial charge in [-0.1, -0.05) is 0 Å². The predicted molar refractivity (Wildman–Crippen MR) is 42.5 cm³/mol. The van der Waals surface area contributed by atoms with E-state index in [1.165, 1.54) is 0 Å². The molecule has 1 fully saturated rings. The summed E-state index contributed by atoms with van der Waals surface area (Å²) in [7, 11) is 1.66. The Morgan fingerprint density at radius 1 is 1.45 bits per heavy atom. The summed E-state index contributed by atoms with van der Waals surface area (Å²) in [5, 5.41) is 3.16. The van der Waals surface area contributed by atoms with Crippen molar-refractivity contribution >= 4 is 0 Å². The molecule has 0 aliphatic carbocycles. The quantitative estimate of drug-likeness (QED) is 0.515. The third-order valence-electron chi connectivity index (χ3n) is 1.82. The maximum absolute atomic E-state index is 5.73. The van der Waals surface area contributed by atoms with Gasteiger partial charge in [-0.05, 0) is 0 Å². The monoisotopic (exact) mass is 160 g/mol. The van der Waals surface area contributed by atoms with Gasteiger partial charge >= 0.3 is 0 Å². The minimum atomic E-state index is 0.145. The highest BCUT2D eigenvalue weighted by Gasteiger charge is 2.23. The molecule has 0 saturated carbocycles. The summed E-state index contributed by atoms with van der Waals surface area (Å²) in [5.74, 6) is 0. The second-order valence-corrected chi connectivity index (χ2v) is 2.72. The van der Waals surface area contributed by atoms with Crippen LogP contribution in [-0.2, 0) is 9.47 Å². The fourth-order valence-electron chi connectivity index (χ4n) is 1.14. The Bertz CT molecular complexity index is 111. The first kappa shape index (κ1) is 8.93. The minimum absolute atomic E-state index is 0.145. The van der Waals surface area contributed by atoms with E-state index in [2.05, 4.69) is 5.32 Å². The number of nitrogens with one attached hydrogen (secondary N) is 1. The fourth-order valence-corrected chi connectivity index (χ4v) is 1.14. The van der Waals surface area contributed by atoms with E-state index < -0.39 is 0 Å². The van der Waals surface area contributed by atoms with Crippen LogP contribution in [0.15, 0.2) is 0 Å². The molecular weight excluding hydrogens is 144 g/mol. The van der Waals surface area contributed by atoms with Crippen LogP contribution in [0, 0.1) is 0 Å². The van der Waals surface area contributed by atoms with E-state index in [4.69, 9.17) is 15.2 Å². The highest BCUT2D eigenvalue weighted by molar-refractivity contribution is 4.84. The van der Waals surface area contributed by atoms with E-state index in [0.29, 0.717) is 13.2 Å². The summed E-state index contributed by atoms with van der Waals surface area (Å²) in [4.78, 5) is 0. The maximum Gasteiger partial charge on any atom is 0.0863 e. The van der Waals surface area contributed by atoms with Crippen LogP contribution in [0.4, 0.5) is 0 Å². The van der Waals surface area contributed by atoms with Crippen molar-refractivity contribution in [2.45, 2.75) is 12.1 Å². The van der Waals surface area contributed by atoms with Gasteiger partial charge in [0.05, 0.1) is 19.3 Å². The third kappa shape index (κ3) is 2.75. The number of ether oxygens (including phenoxy) is 2. The summed E-state index contributed by atoms with van der Waals surface area (Å²) < 4.78 is 10.3. The van der Waals surface area contributed by atoms with Gasteiger partial charge in [0.2, 0.25) is 0 Å². The highest BCUT2D eigenvalue weighted by Crippen LogP contribution is 2.01. The maximum atomic E-state index is 5.73. The van der Waals surface area contributed by atoms with Gasteiger partial charge in [-0.2, -0.15) is 0 Å². The molecule has 4 nitrogen and oxygen atoms in total. The Labute approximate surface area is 67.0 Å². The first-order chi connectivity index (χ1) is 5.34. The van der Waals surface area contributed by atoms with Gasteiger partial charge in [0.25, 0.3) is 0 Å². The van der Waals surface area contributed by atoms with Crippen LogP contribution < -0.4 is 11.1 Å². The van der Waals surface area contributed by atoms with Gasteiger partial charge < -0.3 is 20.5 Å². The van der Waals surface area contributed by atoms with Crippen molar-refractivity contribution in [2.75, 3.05) is 33.4 Å². The van der Waals surface area contributed by atoms with Crippen LogP contribution in [-0.4, -0.2) is 45.6 Å². The molecule has 0 radical (unpaired) electrons. The zero-order valence-electron chi connectivity index (χ0n) is 6.88. The molecule has 0 aromatic heterocycles. The first-order valence-corrected chi connectivity index (χ1v) is 3.91. The minimum Gasteiger partial charge on any atom is -0.382 e. The van der Waals surface area contributed by atoms with Crippen LogP contribution in [0.5, 0.6) is 0 Å². The summed E-state index contributed by atoms with van der Waals surface area (Å²) in [5.41, 5.74) is 5.73. The average Bonchev–Trinajstić information content (AvgIpc) is 2.37. The Morgan fingerprint density at radius 3 is 2.82 bits per heavy atom. The number of hydrogen-bond donors (Lipinski definition) is 2. The number of hydrogen-bond acceptors (Lipinski definition) is 4. The largest absolute Gasteiger partial charge is 0.382 e. The lowest BCUT2D eigenvalue weighted by atomic mass is 10.2. The van der Waals surface area contributed by atoms with Crippen molar-refractivity contribution in [3.63, 3.8) is 0 Å². The normalized spacial score (nSPS) is 31.1. The molecule has 1 saturated heterocycles. The molecule has 4 heteroatoms. The number of rotatable bonds is 4. The predicted octanol–water partition coefficient (Wildman–Crippen LogP) is -1.05. The van der Waals surface area contributed by atoms with Crippen molar-refractivity contribution < 1.29 is 9.47 Å². The van der Waals surface area contributed by atoms with Gasteiger partial charge in [-0.25, -0.2) is 0 Å². The average molecular weight is 160 g/mol. The van der Waals surface area contributed by atoms with Crippen molar-refractivity contribution in [3.05, 3.63) is 0 Å². The fraction of sp³-hybridized carbons (Fsp3) is 1.00. The number of nitrogens with two attached hydrogens (primary N) is 1. The van der Waals surface area contributed by atoms with Crippen molar-refractivity contribution in [1.29, 1.82) is 0 Å². The van der Waals surface area contributed by atoms with Gasteiger partial charge in [-0.3, -0.25) is 0 Å². The smallest absolute Gasteiger partial charge is 0.0863 e. The van der Waals surface area contributed by atoms with Crippen molar-refractivity contribution in [3.8, 4) is 0 Å². The molecule has 1 aliphatic rings. The zero-order chi connectivity index (χ0) is 8.10. The lowest BCUT2D eigenvalue weighted by Gasteiger charge is -2.14. The zero-order valence-corrected chi connectivity index (χ0v) is 6.88. The second-order valence-electron chi connectivity index (χ2n) is 2.72. The first-order valence-electron chi connectivity index (χ1n) is 3.91. The topological polar surface area (TPSA) is 56.5 Å². The Balaban J connectivity index is 2.05. The van der Waals surface area contributed by atoms with Crippen LogP contribution >= 0.6 is 0 Å². The van der Waals surface area contributed by atoms with Crippen molar-refractivity contribution in [1.82, 2.24) is 5.32 Å². The van der Waals surface area contributed by atoms with Gasteiger partial charge in [0.1, 0.15) is 0 Å². The molecule has 0 amide bonds. The van der Waals surface area contributed by atoms with Crippen LogP contribution in [0.2, 0.25) is 0 Å². The molecule has 1 heterocycles. The van der Waals surface area contributed by atoms with Crippen molar-refractivity contribution in [2.24, 2.45) is 5.73 Å². The highest BCUT2D eigenvalue weighted by atomic mass is 16.5. The van der Waals surface area contributed by atoms with E-state index >= 15 is 0 Å². The molecule has 0 unspecified atom stereocenters. The Morgan fingerprint density at radius 2 is 2.27 bits per heavy atom. The lowest BCUT2D eigenvalue weighted by Crippen LogP contribution is -2.35. The van der Waals surface area contributed by atoms with E-state index in [1.54, 1.807) is 7.11 Å². The van der Waals surface area contributed by atoms with Crippen LogP contribution in [0.3, 0.4) is 0 Å². The van der Waals surface area contributed by atoms with Crippen LogP contribution in [0.25, 0.3) is 0 Å². The molecule has 0 aromatic rings. The van der Waals surface area contributed by atoms with E-state index in [0.717, 1.165) is 13.1 Å². The summed E-state index contributed by atoms with van der Waals surface area (Å²) >= 11 is 0. The summed E-state index contributed by atoms with van der Waals surface area (Å²) in [6.07, 6.45) is 0.171. The Kier molecular flexibility index (Phi) is 3.79. The molecule has 0 spiro atoms. The lowest BCUT2D eigenvalue weighted by molar-refractivity contribution is 0.0205. The summed E-state index contributed by atoms with van der Waals surface area (Å²) in [6.45, 7) is 3.00. The van der Waals surface area contributed by atoms with Gasteiger partial charge in [0, 0.05) is 26.2 Å². The molecule has 11 heavy (non-hydrogen) atoms.